The van der Waals surface area contributed by atoms with Crippen molar-refractivity contribution in [3.63, 3.8) is 0 Å². The highest BCUT2D eigenvalue weighted by atomic mass is 79.9. The molecule has 0 atom stereocenters. The summed E-state index contributed by atoms with van der Waals surface area (Å²) < 4.78 is 4.57. The Kier molecular flexibility index (Phi) is 5.02. The summed E-state index contributed by atoms with van der Waals surface area (Å²) in [4.78, 5) is 1.22. The van der Waals surface area contributed by atoms with E-state index in [1.165, 1.54) is 43.5 Å². The monoisotopic (exact) mass is 521 g/mol. The third-order valence-electron chi connectivity index (χ3n) is 5.22. The lowest BCUT2D eigenvalue weighted by atomic mass is 10.0. The molecule has 0 spiro atoms. The van der Waals surface area contributed by atoms with Crippen molar-refractivity contribution >= 4 is 65.4 Å². The second kappa shape index (κ2) is 7.67. The average Bonchev–Trinajstić information content (AvgIpc) is 3.08. The number of benzene rings is 4. The summed E-state index contributed by atoms with van der Waals surface area (Å²) in [6.07, 6.45) is 2.09. The van der Waals surface area contributed by atoms with Crippen LogP contribution in [-0.4, -0.2) is 10.8 Å². The summed E-state index contributed by atoms with van der Waals surface area (Å²) >= 11 is 9.18. The van der Waals surface area contributed by atoms with Gasteiger partial charge in [-0.25, -0.2) is 0 Å². The van der Waals surface area contributed by atoms with Crippen molar-refractivity contribution in [2.75, 3.05) is 6.26 Å². The highest BCUT2D eigenvalue weighted by Crippen LogP contribution is 2.39. The van der Waals surface area contributed by atoms with Gasteiger partial charge in [-0.1, -0.05) is 42.5 Å². The van der Waals surface area contributed by atoms with Crippen molar-refractivity contribution < 1.29 is 0 Å². The predicted octanol–water partition coefficient (Wildman–Crippen LogP) is 8.70. The molecular formula is C25H17Br2NS. The van der Waals surface area contributed by atoms with E-state index in [1.807, 2.05) is 0 Å². The Balaban J connectivity index is 1.78. The molecule has 0 bridgehead atoms. The topological polar surface area (TPSA) is 4.93 Å². The zero-order chi connectivity index (χ0) is 20.0. The Labute approximate surface area is 191 Å². The second-order valence-electron chi connectivity index (χ2n) is 6.89. The SMILES string of the molecule is CSc1c(Br)cc(-c2ccc3c(c2)c2ccccc2n3-c2ccccc2)cc1Br. The first kappa shape index (κ1) is 19.0. The number of halogens is 2. The van der Waals surface area contributed by atoms with Crippen LogP contribution in [0.3, 0.4) is 0 Å². The molecule has 1 aromatic heterocycles. The minimum Gasteiger partial charge on any atom is -0.309 e. The number of hydrogen-bond acceptors (Lipinski definition) is 1. The van der Waals surface area contributed by atoms with Crippen LogP contribution in [0.15, 0.2) is 98.8 Å². The summed E-state index contributed by atoms with van der Waals surface area (Å²) in [5.41, 5.74) is 6.04. The Morgan fingerprint density at radius 1 is 0.655 bits per heavy atom. The van der Waals surface area contributed by atoms with Gasteiger partial charge in [0.15, 0.2) is 0 Å². The van der Waals surface area contributed by atoms with Crippen LogP contribution in [0.25, 0.3) is 38.6 Å². The Bertz CT molecular complexity index is 1330. The lowest BCUT2D eigenvalue weighted by molar-refractivity contribution is 1.18. The molecule has 0 aliphatic carbocycles. The van der Waals surface area contributed by atoms with Crippen molar-refractivity contribution in [3.05, 3.63) is 93.9 Å². The van der Waals surface area contributed by atoms with Gasteiger partial charge in [0.25, 0.3) is 0 Å². The summed E-state index contributed by atoms with van der Waals surface area (Å²) in [6.45, 7) is 0. The summed E-state index contributed by atoms with van der Waals surface area (Å²) in [7, 11) is 0. The van der Waals surface area contributed by atoms with E-state index >= 15 is 0 Å². The molecule has 0 aliphatic heterocycles. The van der Waals surface area contributed by atoms with E-state index < -0.39 is 0 Å². The first-order valence-electron chi connectivity index (χ1n) is 9.29. The summed E-state index contributed by atoms with van der Waals surface area (Å²) in [5, 5.41) is 2.54. The fourth-order valence-corrected chi connectivity index (χ4v) is 6.59. The molecule has 0 amide bonds. The maximum Gasteiger partial charge on any atom is 0.0541 e. The minimum atomic E-state index is 1.11. The van der Waals surface area contributed by atoms with E-state index in [2.05, 4.69) is 128 Å². The van der Waals surface area contributed by atoms with Gasteiger partial charge < -0.3 is 4.57 Å². The molecule has 0 unspecified atom stereocenters. The summed E-state index contributed by atoms with van der Waals surface area (Å²) in [5.74, 6) is 0. The molecule has 5 rings (SSSR count). The highest BCUT2D eigenvalue weighted by molar-refractivity contribution is 9.11. The second-order valence-corrected chi connectivity index (χ2v) is 9.42. The van der Waals surface area contributed by atoms with Crippen molar-refractivity contribution in [1.29, 1.82) is 0 Å². The predicted molar refractivity (Wildman–Crippen MR) is 133 cm³/mol. The fraction of sp³-hybridized carbons (Fsp3) is 0.0400. The van der Waals surface area contributed by atoms with E-state index in [1.54, 1.807) is 11.8 Å². The van der Waals surface area contributed by atoms with Gasteiger partial charge in [-0.15, -0.1) is 11.8 Å². The van der Waals surface area contributed by atoms with Gasteiger partial charge >= 0.3 is 0 Å². The average molecular weight is 523 g/mol. The van der Waals surface area contributed by atoms with Gasteiger partial charge in [0.1, 0.15) is 0 Å². The number of fused-ring (bicyclic) bond motifs is 3. The molecule has 0 saturated heterocycles. The molecule has 1 nitrogen and oxygen atoms in total. The number of rotatable bonds is 3. The molecule has 29 heavy (non-hydrogen) atoms. The first-order valence-corrected chi connectivity index (χ1v) is 12.1. The highest BCUT2D eigenvalue weighted by Gasteiger charge is 2.14. The van der Waals surface area contributed by atoms with Gasteiger partial charge in [-0.3, -0.25) is 0 Å². The van der Waals surface area contributed by atoms with E-state index in [0.717, 1.165) is 8.95 Å². The largest absolute Gasteiger partial charge is 0.309 e. The van der Waals surface area contributed by atoms with E-state index in [-0.39, 0.29) is 0 Å². The molecular weight excluding hydrogens is 506 g/mol. The molecule has 0 saturated carbocycles. The third-order valence-corrected chi connectivity index (χ3v) is 7.85. The van der Waals surface area contributed by atoms with Crippen LogP contribution in [0.5, 0.6) is 0 Å². The minimum absolute atomic E-state index is 1.11. The summed E-state index contributed by atoms with van der Waals surface area (Å²) in [6, 6.07) is 30.4. The quantitative estimate of drug-likeness (QED) is 0.214. The Morgan fingerprint density at radius 2 is 1.31 bits per heavy atom. The molecule has 0 radical (unpaired) electrons. The van der Waals surface area contributed by atoms with Crippen LogP contribution in [0.4, 0.5) is 0 Å². The van der Waals surface area contributed by atoms with Gasteiger partial charge in [-0.05, 0) is 91.7 Å². The van der Waals surface area contributed by atoms with Gasteiger partial charge in [0.05, 0.1) is 11.0 Å². The Hall–Kier alpha value is -2.01. The van der Waals surface area contributed by atoms with Gasteiger partial charge in [0, 0.05) is 30.3 Å². The number of hydrogen-bond donors (Lipinski definition) is 0. The maximum atomic E-state index is 3.72. The normalized spacial score (nSPS) is 11.4. The van der Waals surface area contributed by atoms with Gasteiger partial charge in [0.2, 0.25) is 0 Å². The van der Waals surface area contributed by atoms with E-state index in [9.17, 15) is 0 Å². The van der Waals surface area contributed by atoms with E-state index in [4.69, 9.17) is 0 Å². The van der Waals surface area contributed by atoms with Gasteiger partial charge in [-0.2, -0.15) is 0 Å². The Morgan fingerprint density at radius 3 is 2.03 bits per heavy atom. The first-order chi connectivity index (χ1) is 14.2. The van der Waals surface area contributed by atoms with Crippen LogP contribution >= 0.6 is 43.6 Å². The molecule has 4 heteroatoms. The molecule has 5 aromatic rings. The lowest BCUT2D eigenvalue weighted by Gasteiger charge is -2.10. The zero-order valence-electron chi connectivity index (χ0n) is 15.7. The lowest BCUT2D eigenvalue weighted by Crippen LogP contribution is -1.92. The van der Waals surface area contributed by atoms with E-state index in [0.29, 0.717) is 0 Å². The van der Waals surface area contributed by atoms with Crippen LogP contribution in [0.2, 0.25) is 0 Å². The smallest absolute Gasteiger partial charge is 0.0541 e. The van der Waals surface area contributed by atoms with Crippen LogP contribution in [0, 0.1) is 0 Å². The molecule has 0 fully saturated rings. The van der Waals surface area contributed by atoms with Crippen LogP contribution < -0.4 is 0 Å². The molecule has 0 aliphatic rings. The fourth-order valence-electron chi connectivity index (χ4n) is 3.93. The van der Waals surface area contributed by atoms with Crippen LogP contribution in [0.1, 0.15) is 0 Å². The zero-order valence-corrected chi connectivity index (χ0v) is 19.7. The number of aromatic nitrogens is 1. The molecule has 1 heterocycles. The number of nitrogens with zero attached hydrogens (tertiary/aromatic N) is 1. The molecule has 0 N–H and O–H groups in total. The standard InChI is InChI=1S/C25H17Br2NS/c1-29-25-21(26)14-17(15-22(25)27)16-11-12-24-20(13-16)19-9-5-6-10-23(19)28(24)18-7-3-2-4-8-18/h2-15H,1H3. The van der Waals surface area contributed by atoms with Crippen LogP contribution in [-0.2, 0) is 0 Å². The maximum absolute atomic E-state index is 3.72. The van der Waals surface area contributed by atoms with Crippen molar-refractivity contribution in [1.82, 2.24) is 4.57 Å². The third kappa shape index (κ3) is 3.24. The number of thioether (sulfide) groups is 1. The van der Waals surface area contributed by atoms with Crippen molar-refractivity contribution in [2.45, 2.75) is 4.90 Å². The molecule has 4 aromatic carbocycles. The molecule has 142 valence electrons. The van der Waals surface area contributed by atoms with Crippen molar-refractivity contribution in [3.8, 4) is 16.8 Å². The number of para-hydroxylation sites is 2. The van der Waals surface area contributed by atoms with Crippen molar-refractivity contribution in [2.24, 2.45) is 0 Å².